The van der Waals surface area contributed by atoms with Gasteiger partial charge < -0.3 is 14.8 Å². The highest BCUT2D eigenvalue weighted by Gasteiger charge is 2.34. The zero-order valence-electron chi connectivity index (χ0n) is 8.53. The number of hydrogen-bond acceptors (Lipinski definition) is 2. The third-order valence-corrected chi connectivity index (χ3v) is 3.03. The molecule has 0 unspecified atom stereocenters. The van der Waals surface area contributed by atoms with Crippen LogP contribution in [-0.4, -0.2) is 35.5 Å². The summed E-state index contributed by atoms with van der Waals surface area (Å²) in [5.74, 6) is 0. The average molecular weight is 199 g/mol. The van der Waals surface area contributed by atoms with E-state index in [0.717, 1.165) is 19.1 Å². The van der Waals surface area contributed by atoms with E-state index in [0.29, 0.717) is 25.9 Å². The maximum absolute atomic E-state index is 11.0. The lowest BCUT2D eigenvalue weighted by atomic mass is 9.76. The van der Waals surface area contributed by atoms with Crippen LogP contribution >= 0.6 is 0 Å². The first kappa shape index (κ1) is 11.0. The van der Waals surface area contributed by atoms with Crippen LogP contribution in [0.5, 0.6) is 0 Å². The van der Waals surface area contributed by atoms with Crippen molar-refractivity contribution < 1.29 is 14.7 Å². The molecule has 1 saturated heterocycles. The van der Waals surface area contributed by atoms with Crippen molar-refractivity contribution in [2.24, 2.45) is 5.41 Å². The summed E-state index contributed by atoms with van der Waals surface area (Å²) in [4.78, 5) is 23.0. The average Bonchev–Trinajstić information content (AvgIpc) is 2.19. The molecule has 1 amide bonds. The number of hydrogen-bond donors (Lipinski definition) is 1. The van der Waals surface area contributed by atoms with Crippen LogP contribution in [0.15, 0.2) is 0 Å². The van der Waals surface area contributed by atoms with E-state index in [9.17, 15) is 9.59 Å². The minimum Gasteiger partial charge on any atom is -0.465 e. The van der Waals surface area contributed by atoms with Crippen molar-refractivity contribution in [1.29, 1.82) is 0 Å². The van der Waals surface area contributed by atoms with E-state index in [1.807, 2.05) is 0 Å². The van der Waals surface area contributed by atoms with E-state index in [2.05, 4.69) is 6.92 Å². The highest BCUT2D eigenvalue weighted by Crippen LogP contribution is 2.33. The third kappa shape index (κ3) is 2.25. The van der Waals surface area contributed by atoms with Crippen molar-refractivity contribution in [2.75, 3.05) is 13.1 Å². The number of aldehydes is 1. The Hall–Kier alpha value is -1.06. The highest BCUT2D eigenvalue weighted by molar-refractivity contribution is 5.66. The summed E-state index contributed by atoms with van der Waals surface area (Å²) in [5, 5.41) is 8.75. The molecule has 1 rings (SSSR count). The maximum atomic E-state index is 11.0. The van der Waals surface area contributed by atoms with Crippen LogP contribution in [0.4, 0.5) is 4.79 Å². The normalized spacial score (nSPS) is 20.5. The fraction of sp³-hybridized carbons (Fsp3) is 0.800. The summed E-state index contributed by atoms with van der Waals surface area (Å²) in [5.41, 5.74) is -0.249. The smallest absolute Gasteiger partial charge is 0.407 e. The molecule has 80 valence electrons. The SMILES string of the molecule is CCCC1(C=O)CCN(C(=O)O)CC1. The van der Waals surface area contributed by atoms with Crippen LogP contribution in [0, 0.1) is 5.41 Å². The van der Waals surface area contributed by atoms with Crippen LogP contribution in [-0.2, 0) is 4.79 Å². The Bertz CT molecular complexity index is 219. The van der Waals surface area contributed by atoms with Crippen molar-refractivity contribution in [1.82, 2.24) is 4.90 Å². The maximum Gasteiger partial charge on any atom is 0.407 e. The molecule has 0 bridgehead atoms. The van der Waals surface area contributed by atoms with Gasteiger partial charge in [0.05, 0.1) is 0 Å². The van der Waals surface area contributed by atoms with Gasteiger partial charge in [-0.1, -0.05) is 13.3 Å². The number of piperidine rings is 1. The summed E-state index contributed by atoms with van der Waals surface area (Å²) in [7, 11) is 0. The van der Waals surface area contributed by atoms with E-state index < -0.39 is 6.09 Å². The monoisotopic (exact) mass is 199 g/mol. The fourth-order valence-corrected chi connectivity index (χ4v) is 2.07. The van der Waals surface area contributed by atoms with E-state index >= 15 is 0 Å². The Kier molecular flexibility index (Phi) is 3.49. The molecule has 1 N–H and O–H groups in total. The minimum atomic E-state index is -0.874. The van der Waals surface area contributed by atoms with E-state index in [1.54, 1.807) is 0 Å². The Balaban J connectivity index is 2.54. The molecule has 0 radical (unpaired) electrons. The van der Waals surface area contributed by atoms with Crippen LogP contribution in [0.3, 0.4) is 0 Å². The molecule has 0 saturated carbocycles. The van der Waals surface area contributed by atoms with Crippen molar-refractivity contribution in [3.05, 3.63) is 0 Å². The van der Waals surface area contributed by atoms with Gasteiger partial charge in [0, 0.05) is 18.5 Å². The summed E-state index contributed by atoms with van der Waals surface area (Å²) < 4.78 is 0. The summed E-state index contributed by atoms with van der Waals surface area (Å²) in [6.07, 6.45) is 3.36. The number of likely N-dealkylation sites (tertiary alicyclic amines) is 1. The Morgan fingerprint density at radius 3 is 2.43 bits per heavy atom. The standard InChI is InChI=1S/C10H17NO3/c1-2-3-10(8-12)4-6-11(7-5-10)9(13)14/h8H,2-7H2,1H3,(H,13,14). The molecule has 4 nitrogen and oxygen atoms in total. The van der Waals surface area contributed by atoms with E-state index in [4.69, 9.17) is 5.11 Å². The number of carbonyl (C=O) groups excluding carboxylic acids is 1. The summed E-state index contributed by atoms with van der Waals surface area (Å²) in [6.45, 7) is 3.04. The minimum absolute atomic E-state index is 0.249. The molecule has 0 spiro atoms. The molecular formula is C10H17NO3. The van der Waals surface area contributed by atoms with E-state index in [1.165, 1.54) is 4.90 Å². The second kappa shape index (κ2) is 4.44. The Morgan fingerprint density at radius 1 is 1.50 bits per heavy atom. The number of nitrogens with zero attached hydrogens (tertiary/aromatic N) is 1. The summed E-state index contributed by atoms with van der Waals surface area (Å²) in [6, 6.07) is 0. The van der Waals surface area contributed by atoms with Gasteiger partial charge in [0.1, 0.15) is 6.29 Å². The number of rotatable bonds is 3. The van der Waals surface area contributed by atoms with Gasteiger partial charge in [-0.05, 0) is 19.3 Å². The molecule has 14 heavy (non-hydrogen) atoms. The summed E-state index contributed by atoms with van der Waals surface area (Å²) >= 11 is 0. The molecule has 0 aromatic rings. The fourth-order valence-electron chi connectivity index (χ4n) is 2.07. The molecule has 0 aromatic heterocycles. The molecular weight excluding hydrogens is 182 g/mol. The lowest BCUT2D eigenvalue weighted by molar-refractivity contribution is -0.119. The first-order chi connectivity index (χ1) is 6.63. The lowest BCUT2D eigenvalue weighted by Crippen LogP contribution is -2.43. The highest BCUT2D eigenvalue weighted by atomic mass is 16.4. The molecule has 1 aliphatic heterocycles. The van der Waals surface area contributed by atoms with Crippen LogP contribution in [0.2, 0.25) is 0 Å². The molecule has 1 heterocycles. The molecule has 0 atom stereocenters. The predicted octanol–water partition coefficient (Wildman–Crippen LogP) is 1.75. The van der Waals surface area contributed by atoms with Crippen molar-refractivity contribution in [2.45, 2.75) is 32.6 Å². The van der Waals surface area contributed by atoms with Crippen LogP contribution in [0.25, 0.3) is 0 Å². The van der Waals surface area contributed by atoms with Gasteiger partial charge in [-0.2, -0.15) is 0 Å². The van der Waals surface area contributed by atoms with Crippen molar-refractivity contribution >= 4 is 12.4 Å². The Morgan fingerprint density at radius 2 is 2.07 bits per heavy atom. The van der Waals surface area contributed by atoms with Crippen molar-refractivity contribution in [3.63, 3.8) is 0 Å². The van der Waals surface area contributed by atoms with Gasteiger partial charge in [-0.15, -0.1) is 0 Å². The zero-order valence-corrected chi connectivity index (χ0v) is 8.53. The molecule has 0 aliphatic carbocycles. The van der Waals surface area contributed by atoms with Gasteiger partial charge >= 0.3 is 6.09 Å². The topological polar surface area (TPSA) is 57.6 Å². The van der Waals surface area contributed by atoms with Crippen LogP contribution in [0.1, 0.15) is 32.6 Å². The third-order valence-electron chi connectivity index (χ3n) is 3.03. The number of carboxylic acid groups (broad SMARTS) is 1. The second-order valence-electron chi connectivity index (χ2n) is 4.00. The first-order valence-electron chi connectivity index (χ1n) is 5.08. The van der Waals surface area contributed by atoms with Gasteiger partial charge in [0.25, 0.3) is 0 Å². The molecule has 4 heteroatoms. The van der Waals surface area contributed by atoms with E-state index in [-0.39, 0.29) is 5.41 Å². The zero-order chi connectivity index (χ0) is 10.6. The van der Waals surface area contributed by atoms with Crippen molar-refractivity contribution in [3.8, 4) is 0 Å². The quantitative estimate of drug-likeness (QED) is 0.704. The van der Waals surface area contributed by atoms with Crippen LogP contribution < -0.4 is 0 Å². The molecule has 0 aromatic carbocycles. The molecule has 1 fully saturated rings. The largest absolute Gasteiger partial charge is 0.465 e. The van der Waals surface area contributed by atoms with Gasteiger partial charge in [0.2, 0.25) is 0 Å². The van der Waals surface area contributed by atoms with Gasteiger partial charge in [0.15, 0.2) is 0 Å². The second-order valence-corrected chi connectivity index (χ2v) is 4.00. The van der Waals surface area contributed by atoms with Gasteiger partial charge in [-0.3, -0.25) is 0 Å². The molecule has 1 aliphatic rings. The number of amides is 1. The number of carbonyl (C=O) groups is 2. The first-order valence-corrected chi connectivity index (χ1v) is 5.08. The predicted molar refractivity (Wildman–Crippen MR) is 52.2 cm³/mol. The van der Waals surface area contributed by atoms with Gasteiger partial charge in [-0.25, -0.2) is 4.79 Å². The Labute approximate surface area is 83.9 Å². The lowest BCUT2D eigenvalue weighted by Gasteiger charge is -2.36.